The normalized spacial score (nSPS) is 14.3. The van der Waals surface area contributed by atoms with Crippen LogP contribution in [0.15, 0.2) is 23.1 Å². The number of aromatic nitrogens is 1. The lowest BCUT2D eigenvalue weighted by Gasteiger charge is -2.19. The van der Waals surface area contributed by atoms with Crippen molar-refractivity contribution in [2.75, 3.05) is 0 Å². The SMILES string of the molecule is [B]c1cc2ccn(CCCC([B])(C)N)c(=O)c2c(F)c1F. The molecule has 0 fully saturated rings. The lowest BCUT2D eigenvalue weighted by molar-refractivity contribution is 0.509. The monoisotopic (exact) mass is 286 g/mol. The number of hydrogen-bond donors (Lipinski definition) is 1. The van der Waals surface area contributed by atoms with E-state index >= 15 is 0 Å². The van der Waals surface area contributed by atoms with Gasteiger partial charge in [0.2, 0.25) is 0 Å². The molecule has 0 spiro atoms. The number of halogens is 2. The van der Waals surface area contributed by atoms with Gasteiger partial charge in [-0.05, 0) is 29.7 Å². The number of rotatable bonds is 4. The average Bonchev–Trinajstić information content (AvgIpc) is 2.37. The molecule has 1 heterocycles. The van der Waals surface area contributed by atoms with Crippen LogP contribution in [0, 0.1) is 11.6 Å². The third-order valence-corrected chi connectivity index (χ3v) is 3.29. The van der Waals surface area contributed by atoms with Crippen molar-refractivity contribution in [3.8, 4) is 0 Å². The van der Waals surface area contributed by atoms with Crippen molar-refractivity contribution in [1.82, 2.24) is 4.57 Å². The summed E-state index contributed by atoms with van der Waals surface area (Å²) in [5.41, 5.74) is 3.91. The number of pyridine rings is 1. The lowest BCUT2D eigenvalue weighted by atomic mass is 9.77. The van der Waals surface area contributed by atoms with Crippen LogP contribution in [-0.4, -0.2) is 25.7 Å². The van der Waals surface area contributed by atoms with Crippen molar-refractivity contribution < 1.29 is 8.78 Å². The highest BCUT2D eigenvalue weighted by Gasteiger charge is 2.15. The maximum atomic E-state index is 13.9. The van der Waals surface area contributed by atoms with Gasteiger partial charge < -0.3 is 10.3 Å². The van der Waals surface area contributed by atoms with Gasteiger partial charge in [0.05, 0.1) is 13.2 Å². The van der Waals surface area contributed by atoms with E-state index in [1.165, 1.54) is 22.9 Å². The number of benzene rings is 1. The maximum Gasteiger partial charge on any atom is 0.261 e. The highest BCUT2D eigenvalue weighted by atomic mass is 19.2. The number of nitrogens with zero attached hydrogens (tertiary/aromatic N) is 1. The van der Waals surface area contributed by atoms with Crippen LogP contribution >= 0.6 is 0 Å². The second-order valence-corrected chi connectivity index (χ2v) is 5.48. The van der Waals surface area contributed by atoms with Gasteiger partial charge >= 0.3 is 0 Å². The molecule has 2 rings (SSSR count). The largest absolute Gasteiger partial charge is 0.333 e. The van der Waals surface area contributed by atoms with Crippen molar-refractivity contribution in [2.45, 2.75) is 31.7 Å². The number of aryl methyl sites for hydroxylation is 1. The first-order valence-electron chi connectivity index (χ1n) is 6.55. The summed E-state index contributed by atoms with van der Waals surface area (Å²) < 4.78 is 28.7. The van der Waals surface area contributed by atoms with Gasteiger partial charge in [0.1, 0.15) is 7.85 Å². The topological polar surface area (TPSA) is 48.0 Å². The summed E-state index contributed by atoms with van der Waals surface area (Å²) >= 11 is 0. The molecule has 0 aliphatic heterocycles. The van der Waals surface area contributed by atoms with E-state index in [1.54, 1.807) is 6.92 Å². The molecule has 1 unspecified atom stereocenters. The Balaban J connectivity index is 2.40. The first-order valence-corrected chi connectivity index (χ1v) is 6.55. The molecule has 1 atom stereocenters. The summed E-state index contributed by atoms with van der Waals surface area (Å²) in [6.07, 6.45) is 2.57. The molecule has 0 amide bonds. The molecular weight excluding hydrogens is 272 g/mol. The van der Waals surface area contributed by atoms with Crippen LogP contribution in [0.1, 0.15) is 19.8 Å². The lowest BCUT2D eigenvalue weighted by Crippen LogP contribution is -2.36. The fraction of sp³-hybridized carbons (Fsp3) is 0.357. The van der Waals surface area contributed by atoms with Crippen LogP contribution in [0.4, 0.5) is 8.78 Å². The molecule has 2 aromatic rings. The second-order valence-electron chi connectivity index (χ2n) is 5.48. The number of fused-ring (bicyclic) bond motifs is 1. The van der Waals surface area contributed by atoms with Crippen LogP contribution in [0.5, 0.6) is 0 Å². The van der Waals surface area contributed by atoms with Crippen LogP contribution in [-0.2, 0) is 6.54 Å². The van der Waals surface area contributed by atoms with Crippen molar-refractivity contribution in [3.63, 3.8) is 0 Å². The fourth-order valence-electron chi connectivity index (χ4n) is 2.20. The molecule has 21 heavy (non-hydrogen) atoms. The minimum absolute atomic E-state index is 0.273. The second kappa shape index (κ2) is 5.64. The summed E-state index contributed by atoms with van der Waals surface area (Å²) in [7, 11) is 11.0. The van der Waals surface area contributed by atoms with Gasteiger partial charge in [-0.1, -0.05) is 18.5 Å². The summed E-state index contributed by atoms with van der Waals surface area (Å²) in [6.45, 7) is 2.00. The zero-order valence-corrected chi connectivity index (χ0v) is 11.7. The molecule has 0 bridgehead atoms. The molecule has 7 heteroatoms. The zero-order valence-electron chi connectivity index (χ0n) is 11.7. The number of hydrogen-bond acceptors (Lipinski definition) is 2. The third-order valence-electron chi connectivity index (χ3n) is 3.29. The fourth-order valence-corrected chi connectivity index (χ4v) is 2.20. The molecule has 0 saturated heterocycles. The third kappa shape index (κ3) is 3.35. The zero-order chi connectivity index (χ0) is 15.8. The predicted octanol–water partition coefficient (Wildman–Crippen LogP) is 0.697. The van der Waals surface area contributed by atoms with Crippen molar-refractivity contribution in [1.29, 1.82) is 0 Å². The van der Waals surface area contributed by atoms with E-state index < -0.39 is 22.6 Å². The van der Waals surface area contributed by atoms with Crippen LogP contribution in [0.2, 0.25) is 0 Å². The Bertz CT molecular complexity index is 738. The molecule has 0 aliphatic carbocycles. The summed E-state index contributed by atoms with van der Waals surface area (Å²) in [6, 6.07) is 2.77. The van der Waals surface area contributed by atoms with Gasteiger partial charge in [-0.15, -0.1) is 0 Å². The van der Waals surface area contributed by atoms with E-state index in [2.05, 4.69) is 0 Å². The van der Waals surface area contributed by atoms with E-state index in [-0.39, 0.29) is 16.2 Å². The number of nitrogens with two attached hydrogens (primary N) is 1. The highest BCUT2D eigenvalue weighted by molar-refractivity contribution is 6.33. The quantitative estimate of drug-likeness (QED) is 0.841. The van der Waals surface area contributed by atoms with Crippen molar-refractivity contribution >= 4 is 31.9 Å². The van der Waals surface area contributed by atoms with Gasteiger partial charge in [0.15, 0.2) is 11.6 Å². The van der Waals surface area contributed by atoms with Crippen molar-refractivity contribution in [3.05, 3.63) is 40.3 Å². The van der Waals surface area contributed by atoms with Crippen molar-refractivity contribution in [2.24, 2.45) is 5.73 Å². The Kier molecular flexibility index (Phi) is 4.23. The van der Waals surface area contributed by atoms with E-state index in [9.17, 15) is 13.6 Å². The Morgan fingerprint density at radius 3 is 2.67 bits per heavy atom. The molecule has 1 aromatic heterocycles. The first-order chi connectivity index (χ1) is 9.70. The van der Waals surface area contributed by atoms with E-state index in [1.807, 2.05) is 0 Å². The van der Waals surface area contributed by atoms with Gasteiger partial charge in [-0.3, -0.25) is 4.79 Å². The highest BCUT2D eigenvalue weighted by Crippen LogP contribution is 2.15. The van der Waals surface area contributed by atoms with Crippen LogP contribution in [0.3, 0.4) is 0 Å². The Morgan fingerprint density at radius 1 is 1.38 bits per heavy atom. The van der Waals surface area contributed by atoms with Gasteiger partial charge in [0.25, 0.3) is 5.56 Å². The molecular formula is C14H14B2F2N2O. The van der Waals surface area contributed by atoms with E-state index in [4.69, 9.17) is 21.4 Å². The molecule has 4 radical (unpaired) electrons. The molecule has 0 aliphatic rings. The Morgan fingerprint density at radius 2 is 2.05 bits per heavy atom. The van der Waals surface area contributed by atoms with Crippen LogP contribution < -0.4 is 16.8 Å². The van der Waals surface area contributed by atoms with Gasteiger partial charge in [-0.2, -0.15) is 0 Å². The molecule has 3 nitrogen and oxygen atoms in total. The molecule has 1 aromatic carbocycles. The average molecular weight is 286 g/mol. The Labute approximate surface area is 124 Å². The first kappa shape index (κ1) is 15.8. The smallest absolute Gasteiger partial charge is 0.261 e. The molecule has 0 saturated carbocycles. The Hall–Kier alpha value is -1.62. The molecule has 106 valence electrons. The predicted molar refractivity (Wildman–Crippen MR) is 81.1 cm³/mol. The molecule has 2 N–H and O–H groups in total. The summed E-state index contributed by atoms with van der Waals surface area (Å²) in [5.74, 6) is -2.42. The van der Waals surface area contributed by atoms with E-state index in [0.717, 1.165) is 0 Å². The maximum absolute atomic E-state index is 13.9. The minimum atomic E-state index is -1.22. The van der Waals surface area contributed by atoms with Crippen LogP contribution in [0.25, 0.3) is 10.8 Å². The van der Waals surface area contributed by atoms with E-state index in [0.29, 0.717) is 19.4 Å². The summed E-state index contributed by atoms with van der Waals surface area (Å²) in [4.78, 5) is 12.2. The standard InChI is InChI=1S/C14H14B2F2N2O/c1-14(16,19)4-2-5-20-6-3-8-7-9(15)11(17)12(18)10(8)13(20)21/h3,6-7H,2,4-5,19H2,1H3. The summed E-state index contributed by atoms with van der Waals surface area (Å²) in [5, 5.41) is -0.0254. The minimum Gasteiger partial charge on any atom is -0.333 e. The van der Waals surface area contributed by atoms with Gasteiger partial charge in [0, 0.05) is 12.7 Å². The van der Waals surface area contributed by atoms with Gasteiger partial charge in [-0.25, -0.2) is 8.78 Å².